The van der Waals surface area contributed by atoms with Crippen LogP contribution in [0.5, 0.6) is 0 Å². The third-order valence-electron chi connectivity index (χ3n) is 3.22. The number of hydrogen-bond acceptors (Lipinski definition) is 5. The fourth-order valence-electron chi connectivity index (χ4n) is 1.86. The van der Waals surface area contributed by atoms with Crippen LogP contribution in [-0.4, -0.2) is 42.8 Å². The summed E-state index contributed by atoms with van der Waals surface area (Å²) in [5.74, 6) is 0. The van der Waals surface area contributed by atoms with E-state index in [2.05, 4.69) is 20.1 Å². The molecule has 110 valence electrons. The van der Waals surface area contributed by atoms with Crippen LogP contribution in [0.25, 0.3) is 11.0 Å². The fraction of sp³-hybridized carbons (Fsp3) is 0.500. The normalized spacial score (nSPS) is 13.8. The van der Waals surface area contributed by atoms with Crippen molar-refractivity contribution in [2.24, 2.45) is 7.05 Å². The van der Waals surface area contributed by atoms with Gasteiger partial charge in [0.25, 0.3) is 0 Å². The van der Waals surface area contributed by atoms with E-state index in [1.165, 1.54) is 6.20 Å². The molecule has 0 aliphatic rings. The second-order valence-corrected chi connectivity index (χ2v) is 6.56. The maximum Gasteiger partial charge on any atom is 0.242 e. The Morgan fingerprint density at radius 2 is 2.15 bits per heavy atom. The molecule has 7 nitrogen and oxygen atoms in total. The molecule has 0 fully saturated rings. The van der Waals surface area contributed by atoms with Gasteiger partial charge in [-0.2, -0.15) is 5.10 Å². The van der Waals surface area contributed by atoms with Crippen molar-refractivity contribution in [3.05, 3.63) is 18.0 Å². The number of likely N-dealkylation sites (N-methyl/N-ethyl adjacent to an activating group) is 1. The maximum atomic E-state index is 12.2. The molecule has 2 rings (SSSR count). The van der Waals surface area contributed by atoms with Crippen molar-refractivity contribution in [1.82, 2.24) is 24.8 Å². The lowest BCUT2D eigenvalue weighted by molar-refractivity contribution is 0.554. The first-order valence-electron chi connectivity index (χ1n) is 6.31. The Labute approximate surface area is 118 Å². The maximum absolute atomic E-state index is 12.2. The largest absolute Gasteiger partial charge is 0.316 e. The van der Waals surface area contributed by atoms with Crippen molar-refractivity contribution in [2.45, 2.75) is 24.8 Å². The number of sulfonamides is 1. The van der Waals surface area contributed by atoms with Gasteiger partial charge in [0.2, 0.25) is 10.0 Å². The molecule has 0 radical (unpaired) electrons. The highest BCUT2D eigenvalue weighted by Crippen LogP contribution is 2.19. The van der Waals surface area contributed by atoms with Gasteiger partial charge in [-0.05, 0) is 27.0 Å². The molecular weight excluding hydrogens is 278 g/mol. The Hall–Kier alpha value is -1.51. The second-order valence-electron chi connectivity index (χ2n) is 4.79. The third-order valence-corrected chi connectivity index (χ3v) is 4.61. The van der Waals surface area contributed by atoms with Crippen molar-refractivity contribution in [1.29, 1.82) is 0 Å². The van der Waals surface area contributed by atoms with E-state index in [-0.39, 0.29) is 10.9 Å². The Balaban J connectivity index is 2.35. The first kappa shape index (κ1) is 14.9. The Morgan fingerprint density at radius 1 is 1.45 bits per heavy atom. The molecule has 0 aliphatic carbocycles. The minimum absolute atomic E-state index is 0.0570. The van der Waals surface area contributed by atoms with Crippen LogP contribution in [0.1, 0.15) is 12.6 Å². The summed E-state index contributed by atoms with van der Waals surface area (Å²) in [6.07, 6.45) is 1.36. The van der Waals surface area contributed by atoms with Gasteiger partial charge in [-0.25, -0.2) is 18.1 Å². The van der Waals surface area contributed by atoms with E-state index in [1.807, 2.05) is 13.8 Å². The Morgan fingerprint density at radius 3 is 2.80 bits per heavy atom. The summed E-state index contributed by atoms with van der Waals surface area (Å²) in [5, 5.41) is 7.95. The predicted octanol–water partition coefficient (Wildman–Crippen LogP) is 0.163. The summed E-state index contributed by atoms with van der Waals surface area (Å²) >= 11 is 0. The van der Waals surface area contributed by atoms with Gasteiger partial charge in [-0.1, -0.05) is 0 Å². The highest BCUT2D eigenvalue weighted by Gasteiger charge is 2.17. The van der Waals surface area contributed by atoms with Crippen LogP contribution in [-0.2, 0) is 17.1 Å². The van der Waals surface area contributed by atoms with Crippen LogP contribution in [0, 0.1) is 6.92 Å². The van der Waals surface area contributed by atoms with Gasteiger partial charge in [0.1, 0.15) is 4.90 Å². The van der Waals surface area contributed by atoms with Crippen LogP contribution in [0.3, 0.4) is 0 Å². The molecular formula is C12H19N5O2S. The molecule has 1 atom stereocenters. The molecule has 2 heterocycles. The highest BCUT2D eigenvalue weighted by atomic mass is 32.2. The van der Waals surface area contributed by atoms with Crippen molar-refractivity contribution in [2.75, 3.05) is 13.6 Å². The number of hydrogen-bond donors (Lipinski definition) is 2. The smallest absolute Gasteiger partial charge is 0.242 e. The molecule has 20 heavy (non-hydrogen) atoms. The molecule has 1 unspecified atom stereocenters. The van der Waals surface area contributed by atoms with Crippen LogP contribution in [0.15, 0.2) is 17.2 Å². The van der Waals surface area contributed by atoms with E-state index < -0.39 is 10.0 Å². The topological polar surface area (TPSA) is 88.9 Å². The SMILES string of the molecule is CNC(C)CNS(=O)(=O)c1cnc2c(c1)c(C)nn2C. The number of nitrogens with zero attached hydrogens (tertiary/aromatic N) is 3. The first-order valence-corrected chi connectivity index (χ1v) is 7.79. The number of aromatic nitrogens is 3. The lowest BCUT2D eigenvalue weighted by atomic mass is 10.3. The molecule has 0 saturated carbocycles. The summed E-state index contributed by atoms with van der Waals surface area (Å²) < 4.78 is 28.6. The van der Waals surface area contributed by atoms with Gasteiger partial charge < -0.3 is 5.32 Å². The number of rotatable bonds is 5. The quantitative estimate of drug-likeness (QED) is 0.821. The summed E-state index contributed by atoms with van der Waals surface area (Å²) in [4.78, 5) is 4.34. The van der Waals surface area contributed by atoms with E-state index in [4.69, 9.17) is 0 Å². The number of fused-ring (bicyclic) bond motifs is 1. The first-order chi connectivity index (χ1) is 9.35. The van der Waals surface area contributed by atoms with E-state index in [1.54, 1.807) is 24.8 Å². The van der Waals surface area contributed by atoms with Crippen LogP contribution < -0.4 is 10.0 Å². The molecule has 0 bridgehead atoms. The average molecular weight is 297 g/mol. The summed E-state index contributed by atoms with van der Waals surface area (Å²) in [6.45, 7) is 4.05. The zero-order valence-electron chi connectivity index (χ0n) is 12.0. The summed E-state index contributed by atoms with van der Waals surface area (Å²) in [6, 6.07) is 1.67. The minimum atomic E-state index is -3.55. The zero-order chi connectivity index (χ0) is 14.9. The van der Waals surface area contributed by atoms with Gasteiger partial charge in [0, 0.05) is 31.2 Å². The van der Waals surface area contributed by atoms with Crippen molar-refractivity contribution in [3.63, 3.8) is 0 Å². The Kier molecular flexibility index (Phi) is 4.07. The molecule has 0 aliphatic heterocycles. The van der Waals surface area contributed by atoms with E-state index in [0.29, 0.717) is 12.2 Å². The van der Waals surface area contributed by atoms with Crippen LogP contribution in [0.2, 0.25) is 0 Å². The lowest BCUT2D eigenvalue weighted by Crippen LogP contribution is -2.37. The van der Waals surface area contributed by atoms with Crippen molar-refractivity contribution >= 4 is 21.1 Å². The van der Waals surface area contributed by atoms with Gasteiger partial charge in [-0.3, -0.25) is 4.68 Å². The highest BCUT2D eigenvalue weighted by molar-refractivity contribution is 7.89. The molecule has 0 amide bonds. The standard InChI is InChI=1S/C12H19N5O2S/c1-8(13-3)6-15-20(18,19)10-5-11-9(2)16-17(4)12(11)14-7-10/h5,7-8,13,15H,6H2,1-4H3. The molecule has 0 spiro atoms. The number of aryl methyl sites for hydroxylation is 2. The Bertz CT molecular complexity index is 723. The van der Waals surface area contributed by atoms with E-state index in [9.17, 15) is 8.42 Å². The molecule has 2 aromatic heterocycles. The van der Waals surface area contributed by atoms with E-state index in [0.717, 1.165) is 11.1 Å². The molecule has 2 aromatic rings. The van der Waals surface area contributed by atoms with Gasteiger partial charge in [0.15, 0.2) is 5.65 Å². The van der Waals surface area contributed by atoms with Crippen LogP contribution in [0.4, 0.5) is 0 Å². The monoisotopic (exact) mass is 297 g/mol. The predicted molar refractivity (Wildman–Crippen MR) is 77.0 cm³/mol. The average Bonchev–Trinajstić information content (AvgIpc) is 2.71. The van der Waals surface area contributed by atoms with Crippen LogP contribution >= 0.6 is 0 Å². The van der Waals surface area contributed by atoms with Gasteiger partial charge in [0.05, 0.1) is 5.69 Å². The van der Waals surface area contributed by atoms with Gasteiger partial charge >= 0.3 is 0 Å². The molecule has 0 aromatic carbocycles. The number of pyridine rings is 1. The fourth-order valence-corrected chi connectivity index (χ4v) is 2.96. The minimum Gasteiger partial charge on any atom is -0.316 e. The lowest BCUT2D eigenvalue weighted by Gasteiger charge is -2.11. The molecule has 8 heteroatoms. The molecule has 2 N–H and O–H groups in total. The van der Waals surface area contributed by atoms with Gasteiger partial charge in [-0.15, -0.1) is 0 Å². The van der Waals surface area contributed by atoms with E-state index >= 15 is 0 Å². The summed E-state index contributed by atoms with van der Waals surface area (Å²) in [7, 11) is 0.0105. The second kappa shape index (κ2) is 5.47. The molecule has 0 saturated heterocycles. The third kappa shape index (κ3) is 2.82. The summed E-state index contributed by atoms with van der Waals surface area (Å²) in [5.41, 5.74) is 1.43. The zero-order valence-corrected chi connectivity index (χ0v) is 12.8. The van der Waals surface area contributed by atoms with Crippen molar-refractivity contribution in [3.8, 4) is 0 Å². The number of nitrogens with one attached hydrogen (secondary N) is 2. The van der Waals surface area contributed by atoms with Crippen molar-refractivity contribution < 1.29 is 8.42 Å².